The Balaban J connectivity index is 1.96. The molecule has 1 atom stereocenters. The highest BCUT2D eigenvalue weighted by Crippen LogP contribution is 2.36. The minimum atomic E-state index is -0.930. The number of halogens is 1. The predicted octanol–water partition coefficient (Wildman–Crippen LogP) is 2.71. The van der Waals surface area contributed by atoms with E-state index >= 15 is 0 Å². The van der Waals surface area contributed by atoms with Gasteiger partial charge in [0.15, 0.2) is 11.6 Å². The highest BCUT2D eigenvalue weighted by atomic mass is 19.1. The molecule has 1 amide bonds. The molecule has 0 saturated heterocycles. The summed E-state index contributed by atoms with van der Waals surface area (Å²) in [6, 6.07) is 5.03. The van der Waals surface area contributed by atoms with E-state index < -0.39 is 28.6 Å². The monoisotopic (exact) mass is 369 g/mol. The number of pyridine rings is 2. The van der Waals surface area contributed by atoms with Crippen molar-refractivity contribution in [1.29, 1.82) is 0 Å². The fraction of sp³-hybridized carbons (Fsp3) is 0.211. The minimum Gasteiger partial charge on any atom is -0.506 e. The molecule has 3 aromatic rings. The smallest absolute Gasteiger partial charge is 0.267 e. The maximum atomic E-state index is 14.0. The van der Waals surface area contributed by atoms with Crippen LogP contribution in [0, 0.1) is 5.82 Å². The molecule has 1 aliphatic rings. The summed E-state index contributed by atoms with van der Waals surface area (Å²) in [4.78, 5) is 29.5. The zero-order valence-electron chi connectivity index (χ0n) is 14.4. The molecule has 0 radical (unpaired) electrons. The number of nitrogens with zero attached hydrogens (tertiary/aromatic N) is 2. The molecule has 0 spiro atoms. The van der Waals surface area contributed by atoms with Crippen molar-refractivity contribution in [1.82, 2.24) is 9.55 Å². The first-order valence-corrected chi connectivity index (χ1v) is 8.43. The summed E-state index contributed by atoms with van der Waals surface area (Å²) in [5.74, 6) is -2.50. The summed E-state index contributed by atoms with van der Waals surface area (Å²) in [7, 11) is 0. The molecule has 1 aromatic carbocycles. The number of amides is 1. The van der Waals surface area contributed by atoms with Gasteiger partial charge in [0.1, 0.15) is 17.1 Å². The number of hydrogen-bond acceptors (Lipinski definition) is 5. The van der Waals surface area contributed by atoms with Gasteiger partial charge in [-0.15, -0.1) is 0 Å². The quantitative estimate of drug-likeness (QED) is 0.644. The molecule has 0 unspecified atom stereocenters. The van der Waals surface area contributed by atoms with Gasteiger partial charge in [-0.25, -0.2) is 9.37 Å². The standard InChI is InChI=1S/C19H16FN3O4/c1-9-4-5-10-7-11(20)8-12-15(10)23(9)19(27)14(16(12)25)18(26)22-17-13(24)3-2-6-21-17/h2-3,6-9,24-25H,4-5H2,1H3,(H,21,22,26)/t9-/m0/s1. The number of benzene rings is 1. The number of carbonyl (C=O) groups excluding carboxylic acids is 1. The first-order chi connectivity index (χ1) is 12.9. The SMILES string of the molecule is C[C@H]1CCc2cc(F)cc3c(O)c(C(=O)Nc4ncccc4O)c(=O)n1c23. The van der Waals surface area contributed by atoms with Crippen LogP contribution in [0.5, 0.6) is 11.5 Å². The van der Waals surface area contributed by atoms with Crippen LogP contribution in [0.3, 0.4) is 0 Å². The lowest BCUT2D eigenvalue weighted by Gasteiger charge is -2.26. The number of aryl methyl sites for hydroxylation is 1. The molecule has 138 valence electrons. The molecule has 3 N–H and O–H groups in total. The van der Waals surface area contributed by atoms with Crippen LogP contribution < -0.4 is 10.9 Å². The van der Waals surface area contributed by atoms with Gasteiger partial charge >= 0.3 is 0 Å². The van der Waals surface area contributed by atoms with Gasteiger partial charge < -0.3 is 20.1 Å². The zero-order valence-corrected chi connectivity index (χ0v) is 14.4. The number of aromatic nitrogens is 2. The van der Waals surface area contributed by atoms with Gasteiger partial charge in [0.05, 0.1) is 5.52 Å². The molecule has 2 aromatic heterocycles. The van der Waals surface area contributed by atoms with Gasteiger partial charge in [0.25, 0.3) is 11.5 Å². The summed E-state index contributed by atoms with van der Waals surface area (Å²) in [5.41, 5.74) is -0.134. The van der Waals surface area contributed by atoms with Crippen molar-refractivity contribution >= 4 is 22.6 Å². The average Bonchev–Trinajstić information content (AvgIpc) is 2.62. The van der Waals surface area contributed by atoms with Gasteiger partial charge in [-0.3, -0.25) is 9.59 Å². The second kappa shape index (κ2) is 6.08. The van der Waals surface area contributed by atoms with Crippen LogP contribution in [0.4, 0.5) is 10.2 Å². The Labute approximate surface area is 152 Å². The number of anilines is 1. The highest BCUT2D eigenvalue weighted by molar-refractivity contribution is 6.09. The molecule has 0 bridgehead atoms. The number of hydrogen-bond donors (Lipinski definition) is 3. The normalized spacial score (nSPS) is 15.7. The van der Waals surface area contributed by atoms with E-state index in [2.05, 4.69) is 10.3 Å². The molecule has 3 heterocycles. The minimum absolute atomic E-state index is 0.103. The number of rotatable bonds is 2. The molecule has 0 fully saturated rings. The first kappa shape index (κ1) is 17.0. The zero-order chi connectivity index (χ0) is 19.3. The fourth-order valence-electron chi connectivity index (χ4n) is 3.55. The van der Waals surface area contributed by atoms with Crippen LogP contribution in [-0.4, -0.2) is 25.7 Å². The van der Waals surface area contributed by atoms with Crippen molar-refractivity contribution < 1.29 is 19.4 Å². The topological polar surface area (TPSA) is 104 Å². The molecule has 1 aliphatic heterocycles. The Morgan fingerprint density at radius 1 is 1.37 bits per heavy atom. The van der Waals surface area contributed by atoms with E-state index in [0.717, 1.165) is 6.07 Å². The summed E-state index contributed by atoms with van der Waals surface area (Å²) in [5, 5.41) is 22.8. The largest absolute Gasteiger partial charge is 0.506 e. The molecule has 8 heteroatoms. The lowest BCUT2D eigenvalue weighted by molar-refractivity contribution is 0.102. The molecule has 0 aliphatic carbocycles. The molecule has 27 heavy (non-hydrogen) atoms. The van der Waals surface area contributed by atoms with Gasteiger partial charge in [-0.05, 0) is 49.6 Å². The van der Waals surface area contributed by atoms with E-state index in [9.17, 15) is 24.2 Å². The van der Waals surface area contributed by atoms with Crippen molar-refractivity contribution in [3.8, 4) is 11.5 Å². The van der Waals surface area contributed by atoms with Crippen LogP contribution in [0.15, 0.2) is 35.3 Å². The summed E-state index contributed by atoms with van der Waals surface area (Å²) >= 11 is 0. The predicted molar refractivity (Wildman–Crippen MR) is 96.7 cm³/mol. The van der Waals surface area contributed by atoms with E-state index in [1.165, 1.54) is 29.0 Å². The van der Waals surface area contributed by atoms with Crippen molar-refractivity contribution in [3.63, 3.8) is 0 Å². The fourth-order valence-corrected chi connectivity index (χ4v) is 3.55. The average molecular weight is 369 g/mol. The van der Waals surface area contributed by atoms with Gasteiger partial charge in [-0.1, -0.05) is 0 Å². The Kier molecular flexibility index (Phi) is 3.83. The maximum absolute atomic E-state index is 14.0. The lowest BCUT2D eigenvalue weighted by atomic mass is 9.95. The third-order valence-electron chi connectivity index (χ3n) is 4.84. The van der Waals surface area contributed by atoms with Crippen molar-refractivity contribution in [2.45, 2.75) is 25.8 Å². The number of carbonyl (C=O) groups is 1. The van der Waals surface area contributed by atoms with Crippen LogP contribution in [0.25, 0.3) is 10.9 Å². The maximum Gasteiger partial charge on any atom is 0.267 e. The van der Waals surface area contributed by atoms with Crippen LogP contribution in [0.2, 0.25) is 0 Å². The third kappa shape index (κ3) is 2.61. The van der Waals surface area contributed by atoms with Crippen molar-refractivity contribution in [2.75, 3.05) is 5.32 Å². The second-order valence-corrected chi connectivity index (χ2v) is 6.57. The van der Waals surface area contributed by atoms with E-state index in [1.807, 2.05) is 6.92 Å². The Bertz CT molecular complexity index is 1160. The molecular formula is C19H16FN3O4. The molecule has 4 rings (SSSR count). The third-order valence-corrected chi connectivity index (χ3v) is 4.84. The van der Waals surface area contributed by atoms with Gasteiger partial charge in [-0.2, -0.15) is 0 Å². The Morgan fingerprint density at radius 2 is 2.15 bits per heavy atom. The summed E-state index contributed by atoms with van der Waals surface area (Å²) < 4.78 is 15.4. The Hall–Kier alpha value is -3.42. The van der Waals surface area contributed by atoms with E-state index in [4.69, 9.17) is 0 Å². The first-order valence-electron chi connectivity index (χ1n) is 8.43. The Morgan fingerprint density at radius 3 is 2.89 bits per heavy atom. The van der Waals surface area contributed by atoms with Crippen LogP contribution in [-0.2, 0) is 6.42 Å². The van der Waals surface area contributed by atoms with E-state index in [-0.39, 0.29) is 23.0 Å². The van der Waals surface area contributed by atoms with Crippen molar-refractivity contribution in [3.05, 3.63) is 57.8 Å². The second-order valence-electron chi connectivity index (χ2n) is 6.57. The molecule has 7 nitrogen and oxygen atoms in total. The number of aromatic hydroxyl groups is 2. The summed E-state index contributed by atoms with van der Waals surface area (Å²) in [6.07, 6.45) is 2.54. The van der Waals surface area contributed by atoms with Gasteiger partial charge in [0, 0.05) is 17.6 Å². The highest BCUT2D eigenvalue weighted by Gasteiger charge is 2.29. The molecular weight excluding hydrogens is 353 g/mol. The van der Waals surface area contributed by atoms with E-state index in [0.29, 0.717) is 23.9 Å². The van der Waals surface area contributed by atoms with Crippen LogP contribution in [0.1, 0.15) is 35.3 Å². The number of nitrogens with one attached hydrogen (secondary N) is 1. The summed E-state index contributed by atoms with van der Waals surface area (Å²) in [6.45, 7) is 1.83. The molecule has 0 saturated carbocycles. The lowest BCUT2D eigenvalue weighted by Crippen LogP contribution is -2.33. The van der Waals surface area contributed by atoms with Crippen molar-refractivity contribution in [2.24, 2.45) is 0 Å². The van der Waals surface area contributed by atoms with Crippen LogP contribution >= 0.6 is 0 Å². The van der Waals surface area contributed by atoms with Gasteiger partial charge in [0.2, 0.25) is 0 Å². The van der Waals surface area contributed by atoms with E-state index in [1.54, 1.807) is 0 Å².